The van der Waals surface area contributed by atoms with Crippen molar-refractivity contribution in [1.82, 2.24) is 0 Å². The standard InChI is InChI=1S/C7H18OSi2/c1-9(2)6-5-7-10(3,4)8-9/h5-7H2,1-4H3. The third-order valence-corrected chi connectivity index (χ3v) is 9.65. The van der Waals surface area contributed by atoms with E-state index < -0.39 is 16.6 Å². The average molecular weight is 174 g/mol. The summed E-state index contributed by atoms with van der Waals surface area (Å²) in [5.74, 6) is 0. The van der Waals surface area contributed by atoms with Gasteiger partial charge < -0.3 is 4.12 Å². The molecule has 0 bridgehead atoms. The monoisotopic (exact) mass is 174 g/mol. The molecule has 1 fully saturated rings. The zero-order valence-corrected chi connectivity index (χ0v) is 9.53. The highest BCUT2D eigenvalue weighted by Crippen LogP contribution is 2.30. The lowest BCUT2D eigenvalue weighted by Gasteiger charge is -2.38. The molecule has 1 saturated heterocycles. The highest BCUT2D eigenvalue weighted by molar-refractivity contribution is 6.86. The van der Waals surface area contributed by atoms with E-state index in [4.69, 9.17) is 4.12 Å². The van der Waals surface area contributed by atoms with Gasteiger partial charge in [-0.3, -0.25) is 0 Å². The average Bonchev–Trinajstić information content (AvgIpc) is 1.56. The Morgan fingerprint density at radius 3 is 1.50 bits per heavy atom. The van der Waals surface area contributed by atoms with E-state index in [1.807, 2.05) is 0 Å². The third-order valence-electron chi connectivity index (χ3n) is 2.11. The maximum atomic E-state index is 6.14. The van der Waals surface area contributed by atoms with Crippen LogP contribution in [0.25, 0.3) is 0 Å². The van der Waals surface area contributed by atoms with Crippen LogP contribution in [0.2, 0.25) is 38.3 Å². The van der Waals surface area contributed by atoms with Gasteiger partial charge in [0, 0.05) is 0 Å². The second kappa shape index (κ2) is 2.46. The van der Waals surface area contributed by atoms with Crippen molar-refractivity contribution in [2.75, 3.05) is 0 Å². The maximum absolute atomic E-state index is 6.14. The highest BCUT2D eigenvalue weighted by atomic mass is 28.4. The summed E-state index contributed by atoms with van der Waals surface area (Å²) in [6, 6.07) is 2.76. The van der Waals surface area contributed by atoms with Gasteiger partial charge in [0.15, 0.2) is 16.6 Å². The first-order valence-electron chi connectivity index (χ1n) is 4.12. The molecule has 3 heteroatoms. The van der Waals surface area contributed by atoms with Crippen LogP contribution in [0, 0.1) is 0 Å². The molecule has 0 radical (unpaired) electrons. The fourth-order valence-corrected chi connectivity index (χ4v) is 11.0. The summed E-state index contributed by atoms with van der Waals surface area (Å²) in [6.45, 7) is 9.39. The molecule has 1 aliphatic rings. The molecule has 0 N–H and O–H groups in total. The van der Waals surface area contributed by atoms with Gasteiger partial charge in [0.1, 0.15) is 0 Å². The molecule has 1 rings (SSSR count). The Bertz CT molecular complexity index is 118. The number of hydrogen-bond acceptors (Lipinski definition) is 1. The van der Waals surface area contributed by atoms with E-state index in [-0.39, 0.29) is 0 Å². The van der Waals surface area contributed by atoms with Crippen molar-refractivity contribution in [3.8, 4) is 0 Å². The van der Waals surface area contributed by atoms with Crippen LogP contribution in [0.3, 0.4) is 0 Å². The molecule has 0 aliphatic carbocycles. The Morgan fingerprint density at radius 1 is 0.900 bits per heavy atom. The van der Waals surface area contributed by atoms with Gasteiger partial charge in [-0.05, 0) is 38.3 Å². The molecule has 0 aromatic carbocycles. The highest BCUT2D eigenvalue weighted by Gasteiger charge is 2.36. The molecule has 0 unspecified atom stereocenters. The second-order valence-electron chi connectivity index (χ2n) is 4.48. The van der Waals surface area contributed by atoms with Crippen LogP contribution in [-0.2, 0) is 4.12 Å². The Labute approximate surface area is 66.0 Å². The topological polar surface area (TPSA) is 9.23 Å². The first-order valence-corrected chi connectivity index (χ1v) is 10.3. The SMILES string of the molecule is C[Si]1(C)CCC[Si](C)(C)O1. The smallest absolute Gasteiger partial charge is 0.173 e. The van der Waals surface area contributed by atoms with E-state index in [1.165, 1.54) is 18.5 Å². The van der Waals surface area contributed by atoms with Crippen molar-refractivity contribution in [3.63, 3.8) is 0 Å². The predicted octanol–water partition coefficient (Wildman–Crippen LogP) is 2.82. The molecular formula is C7H18OSi2. The summed E-state index contributed by atoms with van der Waals surface area (Å²) in [7, 11) is -2.33. The zero-order chi connectivity index (χ0) is 7.83. The quantitative estimate of drug-likeness (QED) is 0.513. The lowest BCUT2D eigenvalue weighted by Crippen LogP contribution is -2.47. The van der Waals surface area contributed by atoms with Gasteiger partial charge in [-0.15, -0.1) is 0 Å². The van der Waals surface area contributed by atoms with Crippen molar-refractivity contribution < 1.29 is 4.12 Å². The zero-order valence-electron chi connectivity index (χ0n) is 7.53. The van der Waals surface area contributed by atoms with E-state index in [0.717, 1.165) is 0 Å². The summed E-state index contributed by atoms with van der Waals surface area (Å²) in [6.07, 6.45) is 1.43. The molecule has 0 aromatic rings. The van der Waals surface area contributed by atoms with Crippen LogP contribution in [0.4, 0.5) is 0 Å². The van der Waals surface area contributed by atoms with Crippen LogP contribution in [0.5, 0.6) is 0 Å². The van der Waals surface area contributed by atoms with Crippen LogP contribution in [0.15, 0.2) is 0 Å². The van der Waals surface area contributed by atoms with Crippen molar-refractivity contribution in [2.24, 2.45) is 0 Å². The van der Waals surface area contributed by atoms with Crippen LogP contribution < -0.4 is 0 Å². The first-order chi connectivity index (χ1) is 4.41. The molecule has 60 valence electrons. The van der Waals surface area contributed by atoms with Crippen LogP contribution in [-0.4, -0.2) is 16.6 Å². The van der Waals surface area contributed by atoms with Gasteiger partial charge in [0.2, 0.25) is 0 Å². The Balaban J connectivity index is 2.56. The Hall–Kier alpha value is 0.394. The number of hydrogen-bond donors (Lipinski definition) is 0. The lowest BCUT2D eigenvalue weighted by atomic mass is 10.6. The fraction of sp³-hybridized carbons (Fsp3) is 1.00. The minimum Gasteiger partial charge on any atom is -0.455 e. The number of rotatable bonds is 0. The summed E-state index contributed by atoms with van der Waals surface area (Å²) in [5.41, 5.74) is 0. The van der Waals surface area contributed by atoms with Gasteiger partial charge in [-0.2, -0.15) is 0 Å². The summed E-state index contributed by atoms with van der Waals surface area (Å²) in [5, 5.41) is 0. The summed E-state index contributed by atoms with van der Waals surface area (Å²) >= 11 is 0. The van der Waals surface area contributed by atoms with Gasteiger partial charge in [-0.25, -0.2) is 0 Å². The van der Waals surface area contributed by atoms with E-state index in [1.54, 1.807) is 0 Å². The molecule has 1 aliphatic heterocycles. The first kappa shape index (κ1) is 8.49. The maximum Gasteiger partial charge on any atom is 0.173 e. The fourth-order valence-electron chi connectivity index (χ4n) is 1.79. The van der Waals surface area contributed by atoms with Gasteiger partial charge in [-0.1, -0.05) is 6.42 Å². The Morgan fingerprint density at radius 2 is 1.30 bits per heavy atom. The van der Waals surface area contributed by atoms with Gasteiger partial charge in [0.05, 0.1) is 0 Å². The molecule has 1 heterocycles. The molecule has 0 aromatic heterocycles. The third kappa shape index (κ3) is 2.21. The molecule has 0 spiro atoms. The minimum absolute atomic E-state index is 1.16. The predicted molar refractivity (Wildman–Crippen MR) is 50.3 cm³/mol. The second-order valence-corrected chi connectivity index (χ2v) is 13.3. The van der Waals surface area contributed by atoms with E-state index in [2.05, 4.69) is 26.2 Å². The van der Waals surface area contributed by atoms with Crippen LogP contribution >= 0.6 is 0 Å². The normalized spacial score (nSPS) is 30.0. The molecular weight excluding hydrogens is 156 g/mol. The molecule has 10 heavy (non-hydrogen) atoms. The van der Waals surface area contributed by atoms with E-state index in [0.29, 0.717) is 0 Å². The van der Waals surface area contributed by atoms with Gasteiger partial charge in [0.25, 0.3) is 0 Å². The van der Waals surface area contributed by atoms with Crippen LogP contribution in [0.1, 0.15) is 6.42 Å². The van der Waals surface area contributed by atoms with Crippen molar-refractivity contribution >= 4 is 16.6 Å². The van der Waals surface area contributed by atoms with E-state index >= 15 is 0 Å². The van der Waals surface area contributed by atoms with Crippen molar-refractivity contribution in [3.05, 3.63) is 0 Å². The van der Waals surface area contributed by atoms with Crippen molar-refractivity contribution in [1.29, 1.82) is 0 Å². The van der Waals surface area contributed by atoms with E-state index in [9.17, 15) is 0 Å². The van der Waals surface area contributed by atoms with Gasteiger partial charge >= 0.3 is 0 Å². The summed E-state index contributed by atoms with van der Waals surface area (Å²) in [4.78, 5) is 0. The summed E-state index contributed by atoms with van der Waals surface area (Å²) < 4.78 is 6.14. The lowest BCUT2D eigenvalue weighted by molar-refractivity contribution is 0.512. The molecule has 0 amide bonds. The largest absolute Gasteiger partial charge is 0.455 e. The molecule has 0 atom stereocenters. The Kier molecular flexibility index (Phi) is 2.09. The minimum atomic E-state index is -1.16. The molecule has 1 nitrogen and oxygen atoms in total. The molecule has 0 saturated carbocycles. The van der Waals surface area contributed by atoms with Crippen molar-refractivity contribution in [2.45, 2.75) is 44.7 Å².